The van der Waals surface area contributed by atoms with Crippen LogP contribution in [-0.4, -0.2) is 31.1 Å². The van der Waals surface area contributed by atoms with Gasteiger partial charge in [-0.05, 0) is 49.2 Å². The van der Waals surface area contributed by atoms with Crippen molar-refractivity contribution in [3.05, 3.63) is 70.8 Å². The third kappa shape index (κ3) is 6.42. The first-order valence-corrected chi connectivity index (χ1v) is 8.86. The van der Waals surface area contributed by atoms with E-state index in [0.29, 0.717) is 17.7 Å². The summed E-state index contributed by atoms with van der Waals surface area (Å²) in [6, 6.07) is 13.3. The molecule has 148 valence electrons. The molecule has 0 aliphatic rings. The molecule has 2 aromatic rings. The van der Waals surface area contributed by atoms with Crippen molar-refractivity contribution in [2.75, 3.05) is 7.11 Å². The third-order valence-electron chi connectivity index (χ3n) is 3.81. The summed E-state index contributed by atoms with van der Waals surface area (Å²) in [5.41, 5.74) is 2.48. The van der Waals surface area contributed by atoms with Gasteiger partial charge in [-0.1, -0.05) is 24.3 Å². The second-order valence-corrected chi connectivity index (χ2v) is 6.44. The van der Waals surface area contributed by atoms with Crippen LogP contribution in [-0.2, 0) is 22.6 Å². The lowest BCUT2D eigenvalue weighted by Gasteiger charge is -2.10. The number of esters is 2. The normalized spacial score (nSPS) is 10.3. The van der Waals surface area contributed by atoms with Crippen molar-refractivity contribution >= 4 is 18.0 Å². The molecule has 28 heavy (non-hydrogen) atoms. The molecule has 0 radical (unpaired) electrons. The number of carbonyl (C=O) groups is 3. The fourth-order valence-electron chi connectivity index (χ4n) is 2.34. The number of hydrogen-bond acceptors (Lipinski definition) is 5. The minimum absolute atomic E-state index is 0.0637. The highest BCUT2D eigenvalue weighted by molar-refractivity contribution is 5.90. The quantitative estimate of drug-likeness (QED) is 0.716. The van der Waals surface area contributed by atoms with Crippen molar-refractivity contribution in [1.29, 1.82) is 0 Å². The molecule has 0 spiro atoms. The van der Waals surface area contributed by atoms with Gasteiger partial charge in [0.05, 0.1) is 18.2 Å². The van der Waals surface area contributed by atoms with Gasteiger partial charge in [-0.3, -0.25) is 0 Å². The molecular formula is C21H24N2O5. The van der Waals surface area contributed by atoms with E-state index in [1.165, 1.54) is 7.11 Å². The molecule has 0 aromatic heterocycles. The summed E-state index contributed by atoms with van der Waals surface area (Å²) in [5.74, 6) is -0.867. The number of methoxy groups -OCH3 is 1. The number of ether oxygens (including phenoxy) is 2. The number of benzene rings is 2. The lowest BCUT2D eigenvalue weighted by Crippen LogP contribution is -2.39. The summed E-state index contributed by atoms with van der Waals surface area (Å²) in [7, 11) is 1.32. The number of carbonyl (C=O) groups excluding carboxylic acids is 3. The van der Waals surface area contributed by atoms with Gasteiger partial charge in [-0.15, -0.1) is 0 Å². The van der Waals surface area contributed by atoms with E-state index in [2.05, 4.69) is 15.4 Å². The summed E-state index contributed by atoms with van der Waals surface area (Å²) < 4.78 is 9.93. The molecule has 0 unspecified atom stereocenters. The van der Waals surface area contributed by atoms with Gasteiger partial charge >= 0.3 is 18.0 Å². The molecule has 0 heterocycles. The maximum atomic E-state index is 12.2. The van der Waals surface area contributed by atoms with E-state index in [-0.39, 0.29) is 18.7 Å². The van der Waals surface area contributed by atoms with Gasteiger partial charge in [0.25, 0.3) is 0 Å². The van der Waals surface area contributed by atoms with Crippen LogP contribution in [0.2, 0.25) is 0 Å². The molecule has 2 rings (SSSR count). The molecule has 0 bridgehead atoms. The fraction of sp³-hybridized carbons (Fsp3) is 0.286. The Morgan fingerprint density at radius 3 is 1.93 bits per heavy atom. The van der Waals surface area contributed by atoms with Gasteiger partial charge in [-0.25, -0.2) is 14.4 Å². The molecule has 0 saturated heterocycles. The summed E-state index contributed by atoms with van der Waals surface area (Å²) >= 11 is 0. The van der Waals surface area contributed by atoms with E-state index in [9.17, 15) is 14.4 Å². The SMILES string of the molecule is COC(=O)c1ccc(COC(=O)c2ccc(CNC(=O)NC(C)C)cc2)cc1. The average Bonchev–Trinajstić information content (AvgIpc) is 2.70. The molecule has 0 fully saturated rings. The molecule has 2 amide bonds. The zero-order valence-electron chi connectivity index (χ0n) is 16.2. The molecule has 0 aliphatic heterocycles. The lowest BCUT2D eigenvalue weighted by atomic mass is 10.1. The number of hydrogen-bond donors (Lipinski definition) is 2. The van der Waals surface area contributed by atoms with Crippen LogP contribution in [0.25, 0.3) is 0 Å². The maximum Gasteiger partial charge on any atom is 0.338 e. The van der Waals surface area contributed by atoms with Gasteiger partial charge in [-0.2, -0.15) is 0 Å². The van der Waals surface area contributed by atoms with Crippen LogP contribution in [0.15, 0.2) is 48.5 Å². The minimum Gasteiger partial charge on any atom is -0.465 e. The zero-order valence-corrected chi connectivity index (χ0v) is 16.2. The summed E-state index contributed by atoms with van der Waals surface area (Å²) in [4.78, 5) is 35.1. The highest BCUT2D eigenvalue weighted by atomic mass is 16.5. The van der Waals surface area contributed by atoms with Crippen LogP contribution in [0.3, 0.4) is 0 Å². The van der Waals surface area contributed by atoms with Gasteiger partial charge in [0.15, 0.2) is 0 Å². The first-order valence-electron chi connectivity index (χ1n) is 8.86. The number of rotatable bonds is 7. The molecule has 2 N–H and O–H groups in total. The monoisotopic (exact) mass is 384 g/mol. The van der Waals surface area contributed by atoms with E-state index in [4.69, 9.17) is 4.74 Å². The predicted octanol–water partition coefficient (Wildman–Crippen LogP) is 3.04. The van der Waals surface area contributed by atoms with Crippen molar-refractivity contribution in [2.24, 2.45) is 0 Å². The van der Waals surface area contributed by atoms with E-state index < -0.39 is 11.9 Å². The van der Waals surface area contributed by atoms with E-state index in [0.717, 1.165) is 11.1 Å². The van der Waals surface area contributed by atoms with Crippen molar-refractivity contribution in [3.63, 3.8) is 0 Å². The van der Waals surface area contributed by atoms with Crippen molar-refractivity contribution in [3.8, 4) is 0 Å². The van der Waals surface area contributed by atoms with Gasteiger partial charge in [0.2, 0.25) is 0 Å². The predicted molar refractivity (Wildman–Crippen MR) is 104 cm³/mol. The Bertz CT molecular complexity index is 814. The summed E-state index contributed by atoms with van der Waals surface area (Å²) in [5, 5.41) is 5.48. The second-order valence-electron chi connectivity index (χ2n) is 6.44. The Balaban J connectivity index is 1.84. The number of amides is 2. The summed E-state index contributed by atoms with van der Waals surface area (Å²) in [6.07, 6.45) is 0. The molecule has 0 atom stereocenters. The van der Waals surface area contributed by atoms with Crippen LogP contribution in [0, 0.1) is 0 Å². The maximum absolute atomic E-state index is 12.2. The molecular weight excluding hydrogens is 360 g/mol. The second kappa shape index (κ2) is 10.1. The third-order valence-corrected chi connectivity index (χ3v) is 3.81. The smallest absolute Gasteiger partial charge is 0.338 e. The Kier molecular flexibility index (Phi) is 7.56. The highest BCUT2D eigenvalue weighted by Gasteiger charge is 2.09. The fourth-order valence-corrected chi connectivity index (χ4v) is 2.34. The van der Waals surface area contributed by atoms with Crippen molar-refractivity contribution in [1.82, 2.24) is 10.6 Å². The van der Waals surface area contributed by atoms with Crippen molar-refractivity contribution < 1.29 is 23.9 Å². The molecule has 7 heteroatoms. The Hall–Kier alpha value is -3.35. The average molecular weight is 384 g/mol. The largest absolute Gasteiger partial charge is 0.465 e. The standard InChI is InChI=1S/C21H24N2O5/c1-14(2)23-21(26)22-12-15-4-8-18(9-5-15)20(25)28-13-16-6-10-17(11-7-16)19(24)27-3/h4-11,14H,12-13H2,1-3H3,(H2,22,23,26). The molecule has 0 aliphatic carbocycles. The van der Waals surface area contributed by atoms with Gasteiger partial charge in [0.1, 0.15) is 6.61 Å². The first kappa shape index (κ1) is 21.0. The van der Waals surface area contributed by atoms with Crippen molar-refractivity contribution in [2.45, 2.75) is 33.0 Å². The van der Waals surface area contributed by atoms with Crippen LogP contribution in [0.1, 0.15) is 45.7 Å². The van der Waals surface area contributed by atoms with E-state index in [1.807, 2.05) is 13.8 Å². The Morgan fingerprint density at radius 1 is 0.857 bits per heavy atom. The van der Waals surface area contributed by atoms with Gasteiger partial charge < -0.3 is 20.1 Å². The number of nitrogens with one attached hydrogen (secondary N) is 2. The molecule has 0 saturated carbocycles. The minimum atomic E-state index is -0.450. The molecule has 2 aromatic carbocycles. The topological polar surface area (TPSA) is 93.7 Å². The molecule has 7 nitrogen and oxygen atoms in total. The lowest BCUT2D eigenvalue weighted by molar-refractivity contribution is 0.0471. The zero-order chi connectivity index (χ0) is 20.5. The van der Waals surface area contributed by atoms with Crippen LogP contribution in [0.5, 0.6) is 0 Å². The summed E-state index contributed by atoms with van der Waals surface area (Å²) in [6.45, 7) is 4.22. The van der Waals surface area contributed by atoms with E-state index >= 15 is 0 Å². The van der Waals surface area contributed by atoms with Crippen LogP contribution in [0.4, 0.5) is 4.79 Å². The number of urea groups is 1. The van der Waals surface area contributed by atoms with E-state index in [1.54, 1.807) is 48.5 Å². The Labute approximate surface area is 164 Å². The van der Waals surface area contributed by atoms with Crippen LogP contribution >= 0.6 is 0 Å². The van der Waals surface area contributed by atoms with Crippen LogP contribution < -0.4 is 10.6 Å². The van der Waals surface area contributed by atoms with Gasteiger partial charge in [0, 0.05) is 12.6 Å². The first-order chi connectivity index (χ1) is 13.4. The Morgan fingerprint density at radius 2 is 1.39 bits per heavy atom. The highest BCUT2D eigenvalue weighted by Crippen LogP contribution is 2.10.